The Morgan fingerprint density at radius 2 is 1.85 bits per heavy atom. The van der Waals surface area contributed by atoms with E-state index in [4.69, 9.17) is 0 Å². The van der Waals surface area contributed by atoms with Crippen LogP contribution in [0.5, 0.6) is 5.75 Å². The van der Waals surface area contributed by atoms with Crippen LogP contribution in [0.1, 0.15) is 13.8 Å². The van der Waals surface area contributed by atoms with E-state index in [2.05, 4.69) is 38.8 Å². The molecule has 0 atom stereocenters. The maximum Gasteiger partial charge on any atom is 0.573 e. The molecular formula is C18H19F3N4O. The second kappa shape index (κ2) is 7.15. The molecule has 0 bridgehead atoms. The van der Waals surface area contributed by atoms with Gasteiger partial charge in [0, 0.05) is 18.8 Å². The van der Waals surface area contributed by atoms with E-state index in [0.717, 1.165) is 29.8 Å². The van der Waals surface area contributed by atoms with Gasteiger partial charge in [-0.1, -0.05) is 12.1 Å². The molecule has 2 N–H and O–H groups in total. The van der Waals surface area contributed by atoms with E-state index in [9.17, 15) is 13.2 Å². The zero-order chi connectivity index (χ0) is 18.7. The molecule has 0 aliphatic carbocycles. The molecule has 3 aromatic rings. The quantitative estimate of drug-likeness (QED) is 0.643. The van der Waals surface area contributed by atoms with Crippen molar-refractivity contribution in [2.45, 2.75) is 20.2 Å². The van der Waals surface area contributed by atoms with Gasteiger partial charge in [0.15, 0.2) is 5.75 Å². The van der Waals surface area contributed by atoms with E-state index >= 15 is 0 Å². The van der Waals surface area contributed by atoms with Gasteiger partial charge in [-0.15, -0.1) is 13.2 Å². The smallest absolute Gasteiger partial charge is 0.404 e. The highest BCUT2D eigenvalue weighted by molar-refractivity contribution is 5.82. The fourth-order valence-electron chi connectivity index (χ4n) is 2.75. The molecule has 0 radical (unpaired) electrons. The first-order valence-electron chi connectivity index (χ1n) is 8.26. The van der Waals surface area contributed by atoms with Gasteiger partial charge in [0.1, 0.15) is 0 Å². The van der Waals surface area contributed by atoms with Gasteiger partial charge < -0.3 is 19.9 Å². The Bertz CT molecular complexity index is 888. The summed E-state index contributed by atoms with van der Waals surface area (Å²) in [5, 5.41) is 2.86. The highest BCUT2D eigenvalue weighted by Crippen LogP contribution is 2.32. The van der Waals surface area contributed by atoms with E-state index in [-0.39, 0.29) is 11.4 Å². The number of alkyl halides is 3. The van der Waals surface area contributed by atoms with Crippen LogP contribution in [0, 0.1) is 0 Å². The molecule has 0 aliphatic heterocycles. The normalized spacial score (nSPS) is 11.6. The van der Waals surface area contributed by atoms with Crippen LogP contribution in [-0.2, 0) is 0 Å². The number of H-pyrrole nitrogens is 1. The first-order chi connectivity index (χ1) is 12.4. The third-order valence-corrected chi connectivity index (χ3v) is 3.96. The van der Waals surface area contributed by atoms with Gasteiger partial charge in [0.25, 0.3) is 0 Å². The van der Waals surface area contributed by atoms with Gasteiger partial charge in [-0.25, -0.2) is 4.98 Å². The van der Waals surface area contributed by atoms with Gasteiger partial charge in [-0.05, 0) is 44.2 Å². The SMILES string of the molecule is CCN(CC)c1ccc2nc(Nc3ccccc3OC(F)(F)F)[nH]c2c1. The highest BCUT2D eigenvalue weighted by Gasteiger charge is 2.32. The van der Waals surface area contributed by atoms with Crippen molar-refractivity contribution < 1.29 is 17.9 Å². The number of nitrogens with zero attached hydrogens (tertiary/aromatic N) is 2. The van der Waals surface area contributed by atoms with Gasteiger partial charge in [-0.3, -0.25) is 0 Å². The predicted octanol–water partition coefficient (Wildman–Crippen LogP) is 5.05. The summed E-state index contributed by atoms with van der Waals surface area (Å²) in [5.74, 6) is 0.0270. The van der Waals surface area contributed by atoms with Crippen LogP contribution in [0.4, 0.5) is 30.5 Å². The van der Waals surface area contributed by atoms with Crippen molar-refractivity contribution in [1.82, 2.24) is 9.97 Å². The molecule has 3 rings (SSSR count). The van der Waals surface area contributed by atoms with E-state index in [1.807, 2.05) is 18.2 Å². The van der Waals surface area contributed by atoms with Crippen LogP contribution >= 0.6 is 0 Å². The number of nitrogens with one attached hydrogen (secondary N) is 2. The monoisotopic (exact) mass is 364 g/mol. The summed E-state index contributed by atoms with van der Waals surface area (Å²) in [6.07, 6.45) is -4.76. The number of benzene rings is 2. The highest BCUT2D eigenvalue weighted by atomic mass is 19.4. The molecule has 0 spiro atoms. The van der Waals surface area contributed by atoms with Crippen molar-refractivity contribution in [2.24, 2.45) is 0 Å². The Labute approximate surface area is 148 Å². The van der Waals surface area contributed by atoms with E-state index in [0.29, 0.717) is 5.95 Å². The van der Waals surface area contributed by atoms with Crippen molar-refractivity contribution in [3.63, 3.8) is 0 Å². The number of ether oxygens (including phenoxy) is 1. The fraction of sp³-hybridized carbons (Fsp3) is 0.278. The van der Waals surface area contributed by atoms with E-state index < -0.39 is 6.36 Å². The zero-order valence-corrected chi connectivity index (χ0v) is 14.4. The zero-order valence-electron chi connectivity index (χ0n) is 14.4. The Morgan fingerprint density at radius 1 is 1.12 bits per heavy atom. The van der Waals surface area contributed by atoms with Crippen molar-refractivity contribution in [3.8, 4) is 5.75 Å². The number of anilines is 3. The predicted molar refractivity (Wildman–Crippen MR) is 96.1 cm³/mol. The number of aromatic nitrogens is 2. The number of rotatable bonds is 6. The lowest BCUT2D eigenvalue weighted by Crippen LogP contribution is -2.21. The number of hydrogen-bond acceptors (Lipinski definition) is 4. The Kier molecular flexibility index (Phi) is 4.92. The van der Waals surface area contributed by atoms with Gasteiger partial charge in [0.2, 0.25) is 5.95 Å². The largest absolute Gasteiger partial charge is 0.573 e. The van der Waals surface area contributed by atoms with Crippen molar-refractivity contribution in [3.05, 3.63) is 42.5 Å². The summed E-state index contributed by atoms with van der Waals surface area (Å²) >= 11 is 0. The van der Waals surface area contributed by atoms with Gasteiger partial charge in [0.05, 0.1) is 16.7 Å². The first kappa shape index (κ1) is 17.9. The summed E-state index contributed by atoms with van der Waals surface area (Å²) in [4.78, 5) is 9.66. The number of halogens is 3. The molecular weight excluding hydrogens is 345 g/mol. The van der Waals surface area contributed by atoms with Crippen molar-refractivity contribution in [1.29, 1.82) is 0 Å². The second-order valence-corrected chi connectivity index (χ2v) is 5.63. The standard InChI is InChI=1S/C18H19F3N4O/c1-3-25(4-2)12-9-10-13-15(11-12)24-17(22-13)23-14-7-5-6-8-16(14)26-18(19,20)21/h5-11H,3-4H2,1-2H3,(H2,22,23,24). The van der Waals surface area contributed by atoms with Crippen molar-refractivity contribution >= 4 is 28.4 Å². The number of fused-ring (bicyclic) bond motifs is 1. The third kappa shape index (κ3) is 4.01. The van der Waals surface area contributed by atoms with Crippen LogP contribution in [0.3, 0.4) is 0 Å². The summed E-state index contributed by atoms with van der Waals surface area (Å²) in [6, 6.07) is 11.7. The van der Waals surface area contributed by atoms with Crippen LogP contribution < -0.4 is 15.0 Å². The molecule has 0 saturated carbocycles. The molecule has 0 unspecified atom stereocenters. The topological polar surface area (TPSA) is 53.2 Å². The van der Waals surface area contributed by atoms with Crippen LogP contribution in [0.25, 0.3) is 11.0 Å². The number of para-hydroxylation sites is 2. The molecule has 26 heavy (non-hydrogen) atoms. The fourth-order valence-corrected chi connectivity index (χ4v) is 2.75. The van der Waals surface area contributed by atoms with Gasteiger partial charge >= 0.3 is 6.36 Å². The average molecular weight is 364 g/mol. The lowest BCUT2D eigenvalue weighted by Gasteiger charge is -2.20. The molecule has 0 fully saturated rings. The van der Waals surface area contributed by atoms with Gasteiger partial charge in [-0.2, -0.15) is 0 Å². The second-order valence-electron chi connectivity index (χ2n) is 5.63. The summed E-state index contributed by atoms with van der Waals surface area (Å²) in [6.45, 7) is 5.91. The molecule has 138 valence electrons. The van der Waals surface area contributed by atoms with Crippen LogP contribution in [0.15, 0.2) is 42.5 Å². The summed E-state index contributed by atoms with van der Waals surface area (Å²) < 4.78 is 41.7. The lowest BCUT2D eigenvalue weighted by atomic mass is 10.2. The minimum absolute atomic E-state index is 0.174. The Hall–Kier alpha value is -2.90. The minimum atomic E-state index is -4.76. The van der Waals surface area contributed by atoms with E-state index in [1.54, 1.807) is 6.07 Å². The lowest BCUT2D eigenvalue weighted by molar-refractivity contribution is -0.274. The molecule has 2 aromatic carbocycles. The summed E-state index contributed by atoms with van der Waals surface area (Å²) in [7, 11) is 0. The number of aromatic amines is 1. The van der Waals surface area contributed by atoms with Crippen molar-refractivity contribution in [2.75, 3.05) is 23.3 Å². The maximum atomic E-state index is 12.5. The maximum absolute atomic E-state index is 12.5. The number of hydrogen-bond donors (Lipinski definition) is 2. The molecule has 0 amide bonds. The third-order valence-electron chi connectivity index (χ3n) is 3.96. The molecule has 0 saturated heterocycles. The molecule has 0 aliphatic rings. The molecule has 8 heteroatoms. The summed E-state index contributed by atoms with van der Waals surface area (Å²) in [5.41, 5.74) is 2.75. The number of imidazole rings is 1. The molecule has 1 heterocycles. The van der Waals surface area contributed by atoms with Crippen LogP contribution in [0.2, 0.25) is 0 Å². The molecule has 1 aromatic heterocycles. The minimum Gasteiger partial charge on any atom is -0.404 e. The Balaban J connectivity index is 1.88. The Morgan fingerprint density at radius 3 is 2.54 bits per heavy atom. The van der Waals surface area contributed by atoms with Crippen LogP contribution in [-0.4, -0.2) is 29.4 Å². The van der Waals surface area contributed by atoms with E-state index in [1.165, 1.54) is 18.2 Å². The first-order valence-corrected chi connectivity index (χ1v) is 8.26. The molecule has 5 nitrogen and oxygen atoms in total. The average Bonchev–Trinajstić information content (AvgIpc) is 2.98.